The molecule has 0 amide bonds. The molecule has 2 N–H and O–H groups in total. The quantitative estimate of drug-likeness (QED) is 0.712. The van der Waals surface area contributed by atoms with E-state index in [0.717, 1.165) is 5.69 Å². The van der Waals surface area contributed by atoms with E-state index >= 15 is 0 Å². The van der Waals surface area contributed by atoms with E-state index in [0.29, 0.717) is 0 Å². The Balaban J connectivity index is 2.68. The zero-order valence-electron chi connectivity index (χ0n) is 10.0. The van der Waals surface area contributed by atoms with Crippen molar-refractivity contribution in [3.05, 3.63) is 53.1 Å². The molecule has 0 saturated heterocycles. The first-order chi connectivity index (χ1) is 7.61. The van der Waals surface area contributed by atoms with Crippen LogP contribution in [-0.2, 0) is 0 Å². The highest BCUT2D eigenvalue weighted by atomic mass is 14.6. The van der Waals surface area contributed by atoms with Crippen molar-refractivity contribution >= 4 is 5.69 Å². The lowest BCUT2D eigenvalue weighted by atomic mass is 9.94. The zero-order valence-corrected chi connectivity index (χ0v) is 10.0. The third-order valence-corrected chi connectivity index (χ3v) is 3.25. The summed E-state index contributed by atoms with van der Waals surface area (Å²) in [7, 11) is 0. The summed E-state index contributed by atoms with van der Waals surface area (Å²) >= 11 is 0. The second kappa shape index (κ2) is 4.01. The van der Waals surface area contributed by atoms with Crippen LogP contribution in [0, 0.1) is 20.8 Å². The van der Waals surface area contributed by atoms with Gasteiger partial charge in [0.15, 0.2) is 0 Å². The number of hydrogen-bond donors (Lipinski definition) is 1. The predicted octanol–water partition coefficient (Wildman–Crippen LogP) is 3.86. The van der Waals surface area contributed by atoms with Crippen LogP contribution in [0.15, 0.2) is 36.4 Å². The maximum atomic E-state index is 6.12. The van der Waals surface area contributed by atoms with E-state index in [-0.39, 0.29) is 0 Å². The average molecular weight is 211 g/mol. The molecule has 2 aromatic carbocycles. The summed E-state index contributed by atoms with van der Waals surface area (Å²) < 4.78 is 0. The summed E-state index contributed by atoms with van der Waals surface area (Å²) in [6.07, 6.45) is 0. The van der Waals surface area contributed by atoms with E-state index in [1.165, 1.54) is 27.8 Å². The van der Waals surface area contributed by atoms with E-state index in [1.807, 2.05) is 6.07 Å². The molecule has 0 aliphatic rings. The van der Waals surface area contributed by atoms with E-state index in [4.69, 9.17) is 5.73 Å². The van der Waals surface area contributed by atoms with E-state index in [2.05, 4.69) is 51.1 Å². The van der Waals surface area contributed by atoms with Crippen LogP contribution in [0.2, 0.25) is 0 Å². The van der Waals surface area contributed by atoms with Gasteiger partial charge in [0.2, 0.25) is 0 Å². The van der Waals surface area contributed by atoms with Crippen LogP contribution in [0.5, 0.6) is 0 Å². The summed E-state index contributed by atoms with van der Waals surface area (Å²) in [5.74, 6) is 0. The fraction of sp³-hybridized carbons (Fsp3) is 0.200. The third kappa shape index (κ3) is 1.69. The molecule has 0 aromatic heterocycles. The van der Waals surface area contributed by atoms with Gasteiger partial charge < -0.3 is 5.73 Å². The van der Waals surface area contributed by atoms with Crippen LogP contribution in [0.1, 0.15) is 16.7 Å². The minimum Gasteiger partial charge on any atom is -0.398 e. The first-order valence-electron chi connectivity index (χ1n) is 5.53. The zero-order chi connectivity index (χ0) is 11.7. The van der Waals surface area contributed by atoms with Gasteiger partial charge in [-0.2, -0.15) is 0 Å². The Kier molecular flexibility index (Phi) is 2.69. The largest absolute Gasteiger partial charge is 0.398 e. The molecule has 1 heteroatoms. The topological polar surface area (TPSA) is 26.0 Å². The maximum absolute atomic E-state index is 6.12. The molecular weight excluding hydrogens is 194 g/mol. The number of rotatable bonds is 1. The molecule has 0 aliphatic carbocycles. The summed E-state index contributed by atoms with van der Waals surface area (Å²) in [6.45, 7) is 6.27. The van der Waals surface area contributed by atoms with E-state index in [9.17, 15) is 0 Å². The second-order valence-corrected chi connectivity index (χ2v) is 4.27. The highest BCUT2D eigenvalue weighted by Crippen LogP contribution is 2.31. The van der Waals surface area contributed by atoms with E-state index in [1.54, 1.807) is 0 Å². The van der Waals surface area contributed by atoms with Gasteiger partial charge in [-0.15, -0.1) is 0 Å². The van der Waals surface area contributed by atoms with Crippen molar-refractivity contribution in [2.24, 2.45) is 0 Å². The number of nitrogens with two attached hydrogens (primary N) is 1. The van der Waals surface area contributed by atoms with Crippen molar-refractivity contribution in [2.45, 2.75) is 20.8 Å². The van der Waals surface area contributed by atoms with Gasteiger partial charge in [0, 0.05) is 5.69 Å². The Hall–Kier alpha value is -1.76. The molecule has 82 valence electrons. The lowest BCUT2D eigenvalue weighted by Gasteiger charge is -2.14. The van der Waals surface area contributed by atoms with Gasteiger partial charge in [0.1, 0.15) is 0 Å². The first kappa shape index (κ1) is 10.7. The molecule has 0 fully saturated rings. The lowest BCUT2D eigenvalue weighted by molar-refractivity contribution is 1.30. The van der Waals surface area contributed by atoms with Crippen LogP contribution >= 0.6 is 0 Å². The van der Waals surface area contributed by atoms with Crippen LogP contribution in [0.3, 0.4) is 0 Å². The first-order valence-corrected chi connectivity index (χ1v) is 5.53. The number of aryl methyl sites for hydroxylation is 1. The highest BCUT2D eigenvalue weighted by molar-refractivity contribution is 5.75. The third-order valence-electron chi connectivity index (χ3n) is 3.25. The fourth-order valence-corrected chi connectivity index (χ4v) is 1.99. The SMILES string of the molecule is Cc1cc(-c2ccccc2)c(C)c(N)c1C. The molecule has 0 spiro atoms. The van der Waals surface area contributed by atoms with Crippen LogP contribution in [0.4, 0.5) is 5.69 Å². The molecular formula is C15H17N. The Morgan fingerprint density at radius 2 is 1.50 bits per heavy atom. The molecule has 16 heavy (non-hydrogen) atoms. The Bertz CT molecular complexity index is 513. The summed E-state index contributed by atoms with van der Waals surface area (Å²) in [5.41, 5.74) is 13.1. The fourth-order valence-electron chi connectivity index (χ4n) is 1.99. The lowest BCUT2D eigenvalue weighted by Crippen LogP contribution is -1.98. The minimum absolute atomic E-state index is 0.916. The Morgan fingerprint density at radius 1 is 0.875 bits per heavy atom. The molecule has 0 atom stereocenters. The smallest absolute Gasteiger partial charge is 0.0382 e. The summed E-state index contributed by atoms with van der Waals surface area (Å²) in [6, 6.07) is 12.6. The molecule has 0 bridgehead atoms. The van der Waals surface area contributed by atoms with Crippen LogP contribution in [-0.4, -0.2) is 0 Å². The van der Waals surface area contributed by atoms with Crippen molar-refractivity contribution in [1.29, 1.82) is 0 Å². The van der Waals surface area contributed by atoms with Crippen molar-refractivity contribution in [2.75, 3.05) is 5.73 Å². The standard InChI is InChI=1S/C15H17N/c1-10-9-14(12(3)15(16)11(10)2)13-7-5-4-6-8-13/h4-9H,16H2,1-3H3. The average Bonchev–Trinajstić information content (AvgIpc) is 2.32. The molecule has 2 rings (SSSR count). The van der Waals surface area contributed by atoms with Gasteiger partial charge in [-0.3, -0.25) is 0 Å². The van der Waals surface area contributed by atoms with Crippen LogP contribution < -0.4 is 5.73 Å². The van der Waals surface area contributed by atoms with Crippen molar-refractivity contribution in [3.63, 3.8) is 0 Å². The molecule has 0 saturated carbocycles. The molecule has 1 nitrogen and oxygen atoms in total. The molecule has 0 aliphatic heterocycles. The van der Waals surface area contributed by atoms with Gasteiger partial charge in [-0.25, -0.2) is 0 Å². The minimum atomic E-state index is 0.916. The summed E-state index contributed by atoms with van der Waals surface area (Å²) in [4.78, 5) is 0. The predicted molar refractivity (Wildman–Crippen MR) is 70.5 cm³/mol. The number of benzene rings is 2. The number of anilines is 1. The molecule has 0 heterocycles. The Labute approximate surface area is 96.9 Å². The molecule has 0 unspecified atom stereocenters. The molecule has 2 aromatic rings. The second-order valence-electron chi connectivity index (χ2n) is 4.27. The van der Waals surface area contributed by atoms with Crippen molar-refractivity contribution in [3.8, 4) is 11.1 Å². The van der Waals surface area contributed by atoms with Crippen molar-refractivity contribution < 1.29 is 0 Å². The maximum Gasteiger partial charge on any atom is 0.0382 e. The monoisotopic (exact) mass is 211 g/mol. The van der Waals surface area contributed by atoms with Crippen molar-refractivity contribution in [1.82, 2.24) is 0 Å². The number of nitrogen functional groups attached to an aromatic ring is 1. The molecule has 0 radical (unpaired) electrons. The highest BCUT2D eigenvalue weighted by Gasteiger charge is 2.08. The van der Waals surface area contributed by atoms with Gasteiger partial charge >= 0.3 is 0 Å². The summed E-state index contributed by atoms with van der Waals surface area (Å²) in [5, 5.41) is 0. The van der Waals surface area contributed by atoms with Gasteiger partial charge in [0.05, 0.1) is 0 Å². The van der Waals surface area contributed by atoms with E-state index < -0.39 is 0 Å². The normalized spacial score (nSPS) is 10.4. The Morgan fingerprint density at radius 3 is 2.12 bits per heavy atom. The van der Waals surface area contributed by atoms with Gasteiger partial charge in [-0.1, -0.05) is 36.4 Å². The number of hydrogen-bond acceptors (Lipinski definition) is 1. The van der Waals surface area contributed by atoms with Gasteiger partial charge in [-0.05, 0) is 48.6 Å². The van der Waals surface area contributed by atoms with Crippen LogP contribution in [0.25, 0.3) is 11.1 Å². The van der Waals surface area contributed by atoms with Gasteiger partial charge in [0.25, 0.3) is 0 Å².